The molecule has 21 heavy (non-hydrogen) atoms. The van der Waals surface area contributed by atoms with Crippen LogP contribution in [-0.4, -0.2) is 19.5 Å². The molecule has 0 aliphatic heterocycles. The van der Waals surface area contributed by atoms with Gasteiger partial charge in [0.1, 0.15) is 11.5 Å². The first-order valence-corrected chi connectivity index (χ1v) is 7.82. The molecule has 110 valence electrons. The highest BCUT2D eigenvalue weighted by Gasteiger charge is 2.05. The van der Waals surface area contributed by atoms with Crippen molar-refractivity contribution in [2.45, 2.75) is 12.8 Å². The third-order valence-corrected chi connectivity index (χ3v) is 3.76. The summed E-state index contributed by atoms with van der Waals surface area (Å²) in [5.74, 6) is 1.75. The molecular weight excluding hydrogens is 379 g/mol. The van der Waals surface area contributed by atoms with Gasteiger partial charge in [0.05, 0.1) is 13.7 Å². The van der Waals surface area contributed by atoms with E-state index in [1.807, 2.05) is 48.5 Å². The molecule has 0 spiro atoms. The summed E-state index contributed by atoms with van der Waals surface area (Å²) in [7, 11) is 1.63. The van der Waals surface area contributed by atoms with Crippen LogP contribution in [0, 0.1) is 3.57 Å². The lowest BCUT2D eigenvalue weighted by atomic mass is 10.1. The van der Waals surface area contributed by atoms with Crippen molar-refractivity contribution in [3.63, 3.8) is 0 Å². The first-order valence-electron chi connectivity index (χ1n) is 6.74. The second-order valence-electron chi connectivity index (χ2n) is 4.56. The SMILES string of the molecule is COc1ccc(OCCCC(=O)c2ccc(I)cc2)cc1. The Morgan fingerprint density at radius 1 is 1.00 bits per heavy atom. The van der Waals surface area contributed by atoms with Crippen molar-refractivity contribution in [1.82, 2.24) is 0 Å². The quantitative estimate of drug-likeness (QED) is 0.397. The molecule has 0 atom stereocenters. The van der Waals surface area contributed by atoms with Gasteiger partial charge in [-0.05, 0) is 65.4 Å². The van der Waals surface area contributed by atoms with Gasteiger partial charge in [0.2, 0.25) is 0 Å². The van der Waals surface area contributed by atoms with Crippen LogP contribution >= 0.6 is 22.6 Å². The average molecular weight is 396 g/mol. The molecule has 2 aromatic carbocycles. The van der Waals surface area contributed by atoms with Crippen LogP contribution in [0.2, 0.25) is 0 Å². The lowest BCUT2D eigenvalue weighted by Crippen LogP contribution is -2.04. The molecule has 0 aromatic heterocycles. The lowest BCUT2D eigenvalue weighted by Gasteiger charge is -2.07. The number of methoxy groups -OCH3 is 1. The predicted octanol–water partition coefficient (Wildman–Crippen LogP) is 4.34. The van der Waals surface area contributed by atoms with Gasteiger partial charge in [-0.1, -0.05) is 12.1 Å². The summed E-state index contributed by atoms with van der Waals surface area (Å²) in [6.45, 7) is 0.530. The third kappa shape index (κ3) is 5.04. The van der Waals surface area contributed by atoms with Crippen LogP contribution in [0.3, 0.4) is 0 Å². The summed E-state index contributed by atoms with van der Waals surface area (Å²) in [6.07, 6.45) is 1.20. The van der Waals surface area contributed by atoms with Crippen molar-refractivity contribution in [1.29, 1.82) is 0 Å². The fourth-order valence-corrected chi connectivity index (χ4v) is 2.23. The van der Waals surface area contributed by atoms with E-state index in [2.05, 4.69) is 22.6 Å². The fourth-order valence-electron chi connectivity index (χ4n) is 1.87. The summed E-state index contributed by atoms with van der Waals surface area (Å²) in [5, 5.41) is 0. The van der Waals surface area contributed by atoms with Crippen LogP contribution < -0.4 is 9.47 Å². The monoisotopic (exact) mass is 396 g/mol. The standard InChI is InChI=1S/C17H17IO3/c1-20-15-8-10-16(11-9-15)21-12-2-3-17(19)13-4-6-14(18)7-5-13/h4-11H,2-3,12H2,1H3. The Morgan fingerprint density at radius 2 is 1.62 bits per heavy atom. The highest BCUT2D eigenvalue weighted by Crippen LogP contribution is 2.17. The third-order valence-electron chi connectivity index (χ3n) is 3.04. The number of benzene rings is 2. The maximum Gasteiger partial charge on any atom is 0.163 e. The van der Waals surface area contributed by atoms with Gasteiger partial charge in [-0.15, -0.1) is 0 Å². The number of ether oxygens (including phenoxy) is 2. The van der Waals surface area contributed by atoms with Crippen LogP contribution in [0.1, 0.15) is 23.2 Å². The molecule has 2 rings (SSSR count). The van der Waals surface area contributed by atoms with E-state index in [4.69, 9.17) is 9.47 Å². The van der Waals surface area contributed by atoms with E-state index < -0.39 is 0 Å². The molecule has 0 fully saturated rings. The van der Waals surface area contributed by atoms with Crippen molar-refractivity contribution in [2.75, 3.05) is 13.7 Å². The van der Waals surface area contributed by atoms with Crippen molar-refractivity contribution in [2.24, 2.45) is 0 Å². The zero-order valence-corrected chi connectivity index (χ0v) is 14.0. The van der Waals surface area contributed by atoms with E-state index in [0.717, 1.165) is 20.6 Å². The number of halogens is 1. The minimum absolute atomic E-state index is 0.157. The van der Waals surface area contributed by atoms with Gasteiger partial charge in [-0.3, -0.25) is 4.79 Å². The largest absolute Gasteiger partial charge is 0.497 e. The topological polar surface area (TPSA) is 35.5 Å². The van der Waals surface area contributed by atoms with Crippen LogP contribution in [0.15, 0.2) is 48.5 Å². The molecule has 0 saturated carbocycles. The highest BCUT2D eigenvalue weighted by atomic mass is 127. The Labute approximate surface area is 138 Å². The lowest BCUT2D eigenvalue weighted by molar-refractivity contribution is 0.0973. The molecule has 2 aromatic rings. The van der Waals surface area contributed by atoms with E-state index in [9.17, 15) is 4.79 Å². The zero-order valence-electron chi connectivity index (χ0n) is 11.8. The van der Waals surface area contributed by atoms with E-state index in [0.29, 0.717) is 19.4 Å². The molecule has 3 nitrogen and oxygen atoms in total. The Hall–Kier alpha value is -1.56. The smallest absolute Gasteiger partial charge is 0.163 e. The van der Waals surface area contributed by atoms with Crippen molar-refractivity contribution in [3.05, 3.63) is 57.7 Å². The summed E-state index contributed by atoms with van der Waals surface area (Å²) in [4.78, 5) is 12.0. The molecule has 0 aliphatic rings. The first kappa shape index (κ1) is 15.8. The van der Waals surface area contributed by atoms with Crippen LogP contribution in [0.5, 0.6) is 11.5 Å². The van der Waals surface area contributed by atoms with Crippen molar-refractivity contribution in [3.8, 4) is 11.5 Å². The molecule has 0 bridgehead atoms. The van der Waals surface area contributed by atoms with Gasteiger partial charge < -0.3 is 9.47 Å². The molecule has 0 heterocycles. The Morgan fingerprint density at radius 3 is 2.24 bits per heavy atom. The van der Waals surface area contributed by atoms with Gasteiger partial charge in [0.25, 0.3) is 0 Å². The Bertz CT molecular complexity index is 576. The first-order chi connectivity index (χ1) is 10.2. The van der Waals surface area contributed by atoms with Crippen LogP contribution in [0.4, 0.5) is 0 Å². The molecule has 0 radical (unpaired) electrons. The van der Waals surface area contributed by atoms with E-state index in [-0.39, 0.29) is 5.78 Å². The van der Waals surface area contributed by atoms with E-state index in [1.54, 1.807) is 7.11 Å². The van der Waals surface area contributed by atoms with Gasteiger partial charge in [0.15, 0.2) is 5.78 Å². The molecular formula is C17H17IO3. The van der Waals surface area contributed by atoms with Crippen molar-refractivity contribution >= 4 is 28.4 Å². The van der Waals surface area contributed by atoms with Crippen LogP contribution in [-0.2, 0) is 0 Å². The number of Topliss-reactive ketones (excluding diaryl/α,β-unsaturated/α-hetero) is 1. The van der Waals surface area contributed by atoms with E-state index in [1.165, 1.54) is 0 Å². The Kier molecular flexibility index (Phi) is 6.04. The minimum atomic E-state index is 0.157. The highest BCUT2D eigenvalue weighted by molar-refractivity contribution is 14.1. The second-order valence-corrected chi connectivity index (χ2v) is 5.80. The number of carbonyl (C=O) groups is 1. The molecule has 0 unspecified atom stereocenters. The maximum absolute atomic E-state index is 12.0. The molecule has 4 heteroatoms. The van der Waals surface area contributed by atoms with Gasteiger partial charge in [-0.2, -0.15) is 0 Å². The summed E-state index contributed by atoms with van der Waals surface area (Å²) < 4.78 is 11.8. The number of carbonyl (C=O) groups excluding carboxylic acids is 1. The fraction of sp³-hybridized carbons (Fsp3) is 0.235. The zero-order chi connectivity index (χ0) is 15.1. The summed E-state index contributed by atoms with van der Waals surface area (Å²) in [5.41, 5.74) is 0.764. The number of hydrogen-bond acceptors (Lipinski definition) is 3. The van der Waals surface area contributed by atoms with Gasteiger partial charge in [-0.25, -0.2) is 0 Å². The number of ketones is 1. The number of rotatable bonds is 7. The van der Waals surface area contributed by atoms with E-state index >= 15 is 0 Å². The molecule has 0 N–H and O–H groups in total. The van der Waals surface area contributed by atoms with Gasteiger partial charge in [0, 0.05) is 15.6 Å². The normalized spacial score (nSPS) is 10.2. The maximum atomic E-state index is 12.0. The summed E-state index contributed by atoms with van der Waals surface area (Å²) in [6, 6.07) is 15.1. The predicted molar refractivity (Wildman–Crippen MR) is 91.2 cm³/mol. The molecule has 0 amide bonds. The molecule has 0 saturated heterocycles. The second kappa shape index (κ2) is 8.02. The van der Waals surface area contributed by atoms with Crippen molar-refractivity contribution < 1.29 is 14.3 Å². The molecule has 0 aliphatic carbocycles. The average Bonchev–Trinajstić information content (AvgIpc) is 2.52. The minimum Gasteiger partial charge on any atom is -0.497 e. The summed E-state index contributed by atoms with van der Waals surface area (Å²) >= 11 is 2.23. The number of hydrogen-bond donors (Lipinski definition) is 0. The van der Waals surface area contributed by atoms with Crippen LogP contribution in [0.25, 0.3) is 0 Å². The Balaban J connectivity index is 1.73. The van der Waals surface area contributed by atoms with Gasteiger partial charge >= 0.3 is 0 Å².